The first-order valence-corrected chi connectivity index (χ1v) is 6.46. The summed E-state index contributed by atoms with van der Waals surface area (Å²) in [5.41, 5.74) is 0.309. The molecule has 0 radical (unpaired) electrons. The van der Waals surface area contributed by atoms with Crippen LogP contribution in [0.1, 0.15) is 34.1 Å². The fourth-order valence-electron chi connectivity index (χ4n) is 2.20. The monoisotopic (exact) mass is 228 g/mol. The molecule has 0 bridgehead atoms. The lowest BCUT2D eigenvalue weighted by molar-refractivity contribution is 0.133. The summed E-state index contributed by atoms with van der Waals surface area (Å²) in [7, 11) is 2.22. The maximum atomic E-state index is 5.44. The lowest BCUT2D eigenvalue weighted by atomic mass is 9.86. The fourth-order valence-corrected chi connectivity index (χ4v) is 2.20. The minimum Gasteiger partial charge on any atom is -0.380 e. The first-order chi connectivity index (χ1) is 7.45. The van der Waals surface area contributed by atoms with E-state index in [1.807, 2.05) is 0 Å². The molecule has 0 saturated carbocycles. The Bertz CT molecular complexity index is 195. The second-order valence-electron chi connectivity index (χ2n) is 5.93. The number of ether oxygens (including phenoxy) is 1. The molecule has 2 atom stereocenters. The second kappa shape index (κ2) is 5.99. The number of nitrogens with zero attached hydrogens (tertiary/aromatic N) is 1. The van der Waals surface area contributed by atoms with Gasteiger partial charge in [-0.2, -0.15) is 0 Å². The van der Waals surface area contributed by atoms with E-state index in [1.54, 1.807) is 0 Å². The van der Waals surface area contributed by atoms with Crippen molar-refractivity contribution in [2.45, 2.75) is 46.2 Å². The van der Waals surface area contributed by atoms with Gasteiger partial charge < -0.3 is 10.1 Å². The smallest absolute Gasteiger partial charge is 0.0622 e. The van der Waals surface area contributed by atoms with E-state index in [4.69, 9.17) is 4.74 Å². The summed E-state index contributed by atoms with van der Waals surface area (Å²) in [5, 5.41) is 3.59. The van der Waals surface area contributed by atoms with Gasteiger partial charge in [-0.05, 0) is 25.4 Å². The van der Waals surface area contributed by atoms with E-state index in [0.29, 0.717) is 17.5 Å². The normalized spacial score (nSPS) is 24.0. The van der Waals surface area contributed by atoms with E-state index in [0.717, 1.165) is 26.3 Å². The van der Waals surface area contributed by atoms with Crippen molar-refractivity contribution in [3.63, 3.8) is 0 Å². The van der Waals surface area contributed by atoms with E-state index >= 15 is 0 Å². The molecule has 1 saturated heterocycles. The Kier molecular flexibility index (Phi) is 5.22. The molecule has 3 heteroatoms. The molecule has 0 spiro atoms. The highest BCUT2D eigenvalue weighted by Gasteiger charge is 2.28. The minimum absolute atomic E-state index is 0.309. The summed E-state index contributed by atoms with van der Waals surface area (Å²) in [6.45, 7) is 13.1. The second-order valence-corrected chi connectivity index (χ2v) is 5.93. The van der Waals surface area contributed by atoms with Crippen LogP contribution >= 0.6 is 0 Å². The van der Waals surface area contributed by atoms with Crippen LogP contribution in [0.5, 0.6) is 0 Å². The van der Waals surface area contributed by atoms with Gasteiger partial charge in [-0.1, -0.05) is 27.7 Å². The highest BCUT2D eigenvalue weighted by molar-refractivity contribution is 4.85. The molecule has 1 N–H and O–H groups in total. The molecule has 2 unspecified atom stereocenters. The van der Waals surface area contributed by atoms with Crippen molar-refractivity contribution < 1.29 is 4.74 Å². The van der Waals surface area contributed by atoms with E-state index in [-0.39, 0.29) is 0 Å². The lowest BCUT2D eigenvalue weighted by Gasteiger charge is -2.36. The molecule has 0 aliphatic carbocycles. The summed E-state index contributed by atoms with van der Waals surface area (Å²) in [6, 6.07) is 1.16. The van der Waals surface area contributed by atoms with Crippen LogP contribution in [0.3, 0.4) is 0 Å². The van der Waals surface area contributed by atoms with Crippen LogP contribution in [0.15, 0.2) is 0 Å². The Morgan fingerprint density at radius 2 is 2.12 bits per heavy atom. The molecule has 3 nitrogen and oxygen atoms in total. The Morgan fingerprint density at radius 3 is 2.56 bits per heavy atom. The van der Waals surface area contributed by atoms with Crippen LogP contribution in [0.4, 0.5) is 0 Å². The molecule has 1 fully saturated rings. The summed E-state index contributed by atoms with van der Waals surface area (Å²) >= 11 is 0. The van der Waals surface area contributed by atoms with E-state index in [9.17, 15) is 0 Å². The van der Waals surface area contributed by atoms with Crippen LogP contribution < -0.4 is 5.32 Å². The van der Waals surface area contributed by atoms with E-state index in [1.165, 1.54) is 6.42 Å². The molecular formula is C13H28N2O. The van der Waals surface area contributed by atoms with Gasteiger partial charge in [0.05, 0.1) is 6.61 Å². The third-order valence-corrected chi connectivity index (χ3v) is 3.50. The Labute approximate surface area is 101 Å². The fraction of sp³-hybridized carbons (Fsp3) is 1.00. The largest absolute Gasteiger partial charge is 0.380 e. The molecule has 0 aromatic carbocycles. The van der Waals surface area contributed by atoms with Crippen LogP contribution in [0, 0.1) is 5.41 Å². The topological polar surface area (TPSA) is 24.5 Å². The third kappa shape index (κ3) is 4.04. The standard InChI is InChI=1S/C13H28N2O/c1-6-14-12(13(2,3)4)9-15(5)11-7-8-16-10-11/h11-12,14H,6-10H2,1-5H3. The average Bonchev–Trinajstić information content (AvgIpc) is 2.68. The number of hydrogen-bond acceptors (Lipinski definition) is 3. The maximum Gasteiger partial charge on any atom is 0.0622 e. The molecule has 96 valence electrons. The summed E-state index contributed by atoms with van der Waals surface area (Å²) < 4.78 is 5.44. The van der Waals surface area contributed by atoms with E-state index < -0.39 is 0 Å². The zero-order chi connectivity index (χ0) is 12.2. The minimum atomic E-state index is 0.309. The van der Waals surface area contributed by atoms with Gasteiger partial charge in [0.15, 0.2) is 0 Å². The SMILES string of the molecule is CCNC(CN(C)C1CCOC1)C(C)(C)C. The van der Waals surface area contributed by atoms with Gasteiger partial charge in [-0.25, -0.2) is 0 Å². The van der Waals surface area contributed by atoms with Gasteiger partial charge in [-0.15, -0.1) is 0 Å². The maximum absolute atomic E-state index is 5.44. The van der Waals surface area contributed by atoms with Gasteiger partial charge in [0.1, 0.15) is 0 Å². The van der Waals surface area contributed by atoms with Crippen molar-refractivity contribution >= 4 is 0 Å². The number of nitrogens with one attached hydrogen (secondary N) is 1. The van der Waals surface area contributed by atoms with Crippen LogP contribution in [-0.4, -0.2) is 50.3 Å². The first kappa shape index (κ1) is 13.9. The first-order valence-electron chi connectivity index (χ1n) is 6.46. The molecule has 1 heterocycles. The molecule has 0 amide bonds. The van der Waals surface area contributed by atoms with Crippen LogP contribution in [-0.2, 0) is 4.74 Å². The predicted octanol–water partition coefficient (Wildman–Crippen LogP) is 1.73. The van der Waals surface area contributed by atoms with Gasteiger partial charge >= 0.3 is 0 Å². The van der Waals surface area contributed by atoms with Crippen molar-refractivity contribution in [3.05, 3.63) is 0 Å². The highest BCUT2D eigenvalue weighted by Crippen LogP contribution is 2.21. The van der Waals surface area contributed by atoms with Crippen molar-refractivity contribution in [3.8, 4) is 0 Å². The van der Waals surface area contributed by atoms with Gasteiger partial charge in [-0.3, -0.25) is 4.90 Å². The highest BCUT2D eigenvalue weighted by atomic mass is 16.5. The number of likely N-dealkylation sites (N-methyl/N-ethyl adjacent to an activating group) is 2. The van der Waals surface area contributed by atoms with Crippen molar-refractivity contribution in [2.24, 2.45) is 5.41 Å². The van der Waals surface area contributed by atoms with Crippen LogP contribution in [0.25, 0.3) is 0 Å². The Hall–Kier alpha value is -0.120. The molecule has 1 rings (SSSR count). The zero-order valence-electron chi connectivity index (χ0n) is 11.5. The molecule has 0 aromatic heterocycles. The number of hydrogen-bond donors (Lipinski definition) is 1. The summed E-state index contributed by atoms with van der Waals surface area (Å²) in [4.78, 5) is 2.45. The predicted molar refractivity (Wildman–Crippen MR) is 68.8 cm³/mol. The van der Waals surface area contributed by atoms with Gasteiger partial charge in [0, 0.05) is 25.2 Å². The summed E-state index contributed by atoms with van der Waals surface area (Å²) in [5.74, 6) is 0. The Balaban J connectivity index is 2.46. The van der Waals surface area contributed by atoms with Gasteiger partial charge in [0.25, 0.3) is 0 Å². The Morgan fingerprint density at radius 1 is 1.44 bits per heavy atom. The van der Waals surface area contributed by atoms with Crippen LogP contribution in [0.2, 0.25) is 0 Å². The van der Waals surface area contributed by atoms with E-state index in [2.05, 4.69) is 45.0 Å². The number of rotatable bonds is 5. The molecule has 0 aromatic rings. The molecular weight excluding hydrogens is 200 g/mol. The lowest BCUT2D eigenvalue weighted by Crippen LogP contribution is -2.50. The van der Waals surface area contributed by atoms with Crippen molar-refractivity contribution in [2.75, 3.05) is 33.4 Å². The quantitative estimate of drug-likeness (QED) is 0.775. The van der Waals surface area contributed by atoms with Crippen molar-refractivity contribution in [1.82, 2.24) is 10.2 Å². The third-order valence-electron chi connectivity index (χ3n) is 3.50. The molecule has 16 heavy (non-hydrogen) atoms. The zero-order valence-corrected chi connectivity index (χ0v) is 11.5. The van der Waals surface area contributed by atoms with Gasteiger partial charge in [0.2, 0.25) is 0 Å². The molecule has 1 aliphatic rings. The average molecular weight is 228 g/mol. The van der Waals surface area contributed by atoms with Crippen molar-refractivity contribution in [1.29, 1.82) is 0 Å². The summed E-state index contributed by atoms with van der Waals surface area (Å²) in [6.07, 6.45) is 1.18. The molecule has 1 aliphatic heterocycles.